The number of hydrogen-bond acceptors (Lipinski definition) is 7. The molecular formula is C28H26BrClN4O4. The van der Waals surface area contributed by atoms with Crippen LogP contribution in [-0.2, 0) is 11.3 Å². The molecular weight excluding hydrogens is 572 g/mol. The summed E-state index contributed by atoms with van der Waals surface area (Å²) in [6.07, 6.45) is 1.42. The van der Waals surface area contributed by atoms with Gasteiger partial charge in [0.15, 0.2) is 17.2 Å². The Hall–Kier alpha value is -3.40. The quantitative estimate of drug-likeness (QED) is 0.239. The molecule has 1 saturated heterocycles. The van der Waals surface area contributed by atoms with E-state index >= 15 is 0 Å². The van der Waals surface area contributed by atoms with E-state index in [1.54, 1.807) is 31.4 Å². The zero-order chi connectivity index (χ0) is 26.5. The number of piperidine rings is 1. The normalized spacial score (nSPS) is 14.3. The van der Waals surface area contributed by atoms with Crippen LogP contribution in [0, 0.1) is 5.92 Å². The maximum Gasteiger partial charge on any atom is 0.241 e. The average molecular weight is 598 g/mol. The third kappa shape index (κ3) is 6.35. The number of methoxy groups -OCH3 is 1. The summed E-state index contributed by atoms with van der Waals surface area (Å²) in [6, 6.07) is 20.3. The smallest absolute Gasteiger partial charge is 0.241 e. The van der Waals surface area contributed by atoms with Gasteiger partial charge in [-0.25, -0.2) is 0 Å². The summed E-state index contributed by atoms with van der Waals surface area (Å²) in [4.78, 5) is 19.9. The number of ether oxygens (including phenoxy) is 2. The lowest BCUT2D eigenvalue weighted by Gasteiger charge is -2.30. The molecule has 0 aliphatic carbocycles. The summed E-state index contributed by atoms with van der Waals surface area (Å²) in [6.45, 7) is 2.03. The van der Waals surface area contributed by atoms with Crippen molar-refractivity contribution in [2.45, 2.75) is 19.4 Å². The third-order valence-corrected chi connectivity index (χ3v) is 7.14. The van der Waals surface area contributed by atoms with E-state index in [-0.39, 0.29) is 11.8 Å². The fourth-order valence-electron chi connectivity index (χ4n) is 4.33. The number of likely N-dealkylation sites (tertiary alicyclic amines) is 1. The van der Waals surface area contributed by atoms with Crippen molar-refractivity contribution in [3.8, 4) is 28.6 Å². The van der Waals surface area contributed by atoms with Crippen LogP contribution < -0.4 is 14.8 Å². The van der Waals surface area contributed by atoms with Crippen LogP contribution in [0.5, 0.6) is 17.2 Å². The molecule has 0 atom stereocenters. The Morgan fingerprint density at radius 2 is 1.82 bits per heavy atom. The number of nitrogens with zero attached hydrogens (tertiary/aromatic N) is 3. The number of nitrogens with one attached hydrogen (secondary N) is 1. The molecule has 1 aromatic heterocycles. The van der Waals surface area contributed by atoms with Gasteiger partial charge in [-0.1, -0.05) is 44.8 Å². The molecule has 5 rings (SSSR count). The summed E-state index contributed by atoms with van der Waals surface area (Å²) in [5.41, 5.74) is 1.41. The summed E-state index contributed by atoms with van der Waals surface area (Å²) in [5, 5.41) is 7.63. The van der Waals surface area contributed by atoms with Gasteiger partial charge in [0, 0.05) is 21.0 Å². The molecule has 8 nitrogen and oxygen atoms in total. The van der Waals surface area contributed by atoms with E-state index < -0.39 is 0 Å². The first-order valence-electron chi connectivity index (χ1n) is 12.2. The number of halogens is 2. The van der Waals surface area contributed by atoms with Crippen molar-refractivity contribution >= 4 is 39.1 Å². The molecule has 1 aliphatic rings. The monoisotopic (exact) mass is 596 g/mol. The molecule has 1 amide bonds. The first-order chi connectivity index (χ1) is 18.5. The molecule has 1 aliphatic heterocycles. The Labute approximate surface area is 234 Å². The van der Waals surface area contributed by atoms with Crippen molar-refractivity contribution in [2.24, 2.45) is 5.92 Å². The molecule has 0 radical (unpaired) electrons. The van der Waals surface area contributed by atoms with E-state index in [0.717, 1.165) is 23.1 Å². The van der Waals surface area contributed by atoms with Gasteiger partial charge < -0.3 is 19.3 Å². The molecule has 38 heavy (non-hydrogen) atoms. The zero-order valence-electron chi connectivity index (χ0n) is 20.7. The summed E-state index contributed by atoms with van der Waals surface area (Å²) in [5.74, 6) is 2.56. The molecule has 3 aromatic carbocycles. The maximum absolute atomic E-state index is 13.2. The Bertz CT molecular complexity index is 1400. The minimum atomic E-state index is -0.134. The molecule has 0 saturated carbocycles. The van der Waals surface area contributed by atoms with E-state index in [0.29, 0.717) is 59.1 Å². The molecule has 10 heteroatoms. The third-order valence-electron chi connectivity index (χ3n) is 6.38. The number of anilines is 1. The molecule has 0 unspecified atom stereocenters. The van der Waals surface area contributed by atoms with Gasteiger partial charge in [-0.05, 0) is 80.5 Å². The number of amides is 1. The van der Waals surface area contributed by atoms with Crippen LogP contribution in [0.3, 0.4) is 0 Å². The van der Waals surface area contributed by atoms with Gasteiger partial charge in [0.05, 0.1) is 19.3 Å². The fourth-order valence-corrected chi connectivity index (χ4v) is 4.76. The lowest BCUT2D eigenvalue weighted by Crippen LogP contribution is -2.37. The fraction of sp³-hybridized carbons (Fsp3) is 0.250. The van der Waals surface area contributed by atoms with Gasteiger partial charge in [-0.15, -0.1) is 0 Å². The summed E-state index contributed by atoms with van der Waals surface area (Å²) < 4.78 is 17.9. The number of aromatic nitrogens is 2. The average Bonchev–Trinajstić information content (AvgIpc) is 3.39. The van der Waals surface area contributed by atoms with Crippen molar-refractivity contribution in [2.75, 3.05) is 25.5 Å². The lowest BCUT2D eigenvalue weighted by atomic mass is 9.96. The van der Waals surface area contributed by atoms with Gasteiger partial charge in [-0.3, -0.25) is 9.69 Å². The van der Waals surface area contributed by atoms with Gasteiger partial charge >= 0.3 is 0 Å². The number of carbonyl (C=O) groups excluding carboxylic acids is 1. The highest BCUT2D eigenvalue weighted by Gasteiger charge is 2.27. The van der Waals surface area contributed by atoms with Crippen LogP contribution in [0.15, 0.2) is 75.7 Å². The second kappa shape index (κ2) is 12.0. The second-order valence-electron chi connectivity index (χ2n) is 8.95. The van der Waals surface area contributed by atoms with Gasteiger partial charge in [0.25, 0.3) is 0 Å². The minimum Gasteiger partial charge on any atom is -0.493 e. The van der Waals surface area contributed by atoms with E-state index in [2.05, 4.69) is 36.3 Å². The SMILES string of the molecule is COc1ccccc1Oc1ccc(Cl)cc1NC(=O)C1CCN(Cc2nc(-c3ccc(Br)cc3)no2)CC1. The van der Waals surface area contributed by atoms with Gasteiger partial charge in [0.2, 0.25) is 17.6 Å². The predicted octanol–water partition coefficient (Wildman–Crippen LogP) is 6.80. The van der Waals surface area contributed by atoms with Crippen molar-refractivity contribution < 1.29 is 18.8 Å². The molecule has 1 N–H and O–H groups in total. The molecule has 196 valence electrons. The second-order valence-corrected chi connectivity index (χ2v) is 10.3. The topological polar surface area (TPSA) is 89.7 Å². The number of hydrogen-bond donors (Lipinski definition) is 1. The Morgan fingerprint density at radius 1 is 1.08 bits per heavy atom. The van der Waals surface area contributed by atoms with E-state index in [1.807, 2.05) is 42.5 Å². The van der Waals surface area contributed by atoms with Crippen LogP contribution in [0.25, 0.3) is 11.4 Å². The van der Waals surface area contributed by atoms with Crippen molar-refractivity contribution in [1.29, 1.82) is 0 Å². The van der Waals surface area contributed by atoms with E-state index in [4.69, 9.17) is 25.6 Å². The molecule has 0 bridgehead atoms. The molecule has 0 spiro atoms. The number of para-hydroxylation sites is 2. The number of benzene rings is 3. The van der Waals surface area contributed by atoms with Crippen LogP contribution >= 0.6 is 27.5 Å². The van der Waals surface area contributed by atoms with Crippen molar-refractivity contribution in [3.63, 3.8) is 0 Å². The highest BCUT2D eigenvalue weighted by molar-refractivity contribution is 9.10. The first kappa shape index (κ1) is 26.2. The Morgan fingerprint density at radius 3 is 2.55 bits per heavy atom. The first-order valence-corrected chi connectivity index (χ1v) is 13.4. The van der Waals surface area contributed by atoms with E-state index in [9.17, 15) is 4.79 Å². The van der Waals surface area contributed by atoms with Crippen LogP contribution in [0.2, 0.25) is 5.02 Å². The maximum atomic E-state index is 13.2. The Balaban J connectivity index is 1.18. The highest BCUT2D eigenvalue weighted by Crippen LogP contribution is 2.37. The van der Waals surface area contributed by atoms with Crippen LogP contribution in [-0.4, -0.2) is 41.1 Å². The van der Waals surface area contributed by atoms with Gasteiger partial charge in [0.1, 0.15) is 0 Å². The number of rotatable bonds is 8. The van der Waals surface area contributed by atoms with Crippen molar-refractivity contribution in [1.82, 2.24) is 15.0 Å². The molecule has 2 heterocycles. The highest BCUT2D eigenvalue weighted by atomic mass is 79.9. The zero-order valence-corrected chi connectivity index (χ0v) is 23.0. The summed E-state index contributed by atoms with van der Waals surface area (Å²) in [7, 11) is 1.58. The predicted molar refractivity (Wildman–Crippen MR) is 149 cm³/mol. The Kier molecular flexibility index (Phi) is 8.26. The largest absolute Gasteiger partial charge is 0.493 e. The standard InChI is InChI=1S/C28H26BrClN4O4/c1-36-24-4-2-3-5-25(24)37-23-11-10-21(30)16-22(23)31-28(35)19-12-14-34(15-13-19)17-26-32-27(33-38-26)18-6-8-20(29)9-7-18/h2-11,16,19H,12-15,17H2,1H3,(H,31,35). The van der Waals surface area contributed by atoms with Crippen molar-refractivity contribution in [3.05, 3.63) is 82.1 Å². The molecule has 4 aromatic rings. The van der Waals surface area contributed by atoms with Crippen LogP contribution in [0.1, 0.15) is 18.7 Å². The number of carbonyl (C=O) groups is 1. The minimum absolute atomic E-state index is 0.0629. The summed E-state index contributed by atoms with van der Waals surface area (Å²) >= 11 is 9.66. The van der Waals surface area contributed by atoms with Crippen LogP contribution in [0.4, 0.5) is 5.69 Å². The van der Waals surface area contributed by atoms with E-state index in [1.165, 1.54) is 0 Å². The lowest BCUT2D eigenvalue weighted by molar-refractivity contribution is -0.121. The van der Waals surface area contributed by atoms with Gasteiger partial charge in [-0.2, -0.15) is 4.98 Å². The molecule has 1 fully saturated rings.